The average Bonchev–Trinajstić information content (AvgIpc) is 3.01. The van der Waals surface area contributed by atoms with Gasteiger partial charge in [0.1, 0.15) is 11.4 Å². The van der Waals surface area contributed by atoms with Crippen LogP contribution in [-0.2, 0) is 9.53 Å². The van der Waals surface area contributed by atoms with Crippen LogP contribution in [0.4, 0.5) is 14.9 Å². The largest absolute Gasteiger partial charge is 0.444 e. The number of hydrogen-bond acceptors (Lipinski definition) is 4. The fourth-order valence-electron chi connectivity index (χ4n) is 3.98. The Bertz CT molecular complexity index is 726. The standard InChI is InChI=1S/C21H30FN3O3/c1-21(2,3)28-20(27)23(4)15-9-12-24(13-10-15)18-11-14-25(19(18)26)17-8-6-5-7-16(17)22/h5-8,15,18H,9-14H2,1-4H3. The number of nitrogens with zero attached hydrogens (tertiary/aromatic N) is 3. The molecule has 2 fully saturated rings. The zero-order chi connectivity index (χ0) is 20.5. The van der Waals surface area contributed by atoms with Crippen molar-refractivity contribution in [3.8, 4) is 0 Å². The number of amides is 2. The van der Waals surface area contributed by atoms with E-state index in [1.54, 1.807) is 35.0 Å². The minimum absolute atomic E-state index is 0.0379. The Kier molecular flexibility index (Phi) is 5.93. The molecule has 0 saturated carbocycles. The van der Waals surface area contributed by atoms with Gasteiger partial charge in [-0.2, -0.15) is 0 Å². The van der Waals surface area contributed by atoms with E-state index in [1.165, 1.54) is 6.07 Å². The third kappa shape index (κ3) is 4.46. The van der Waals surface area contributed by atoms with Crippen LogP contribution in [0, 0.1) is 5.82 Å². The lowest BCUT2D eigenvalue weighted by Crippen LogP contribution is -2.51. The van der Waals surface area contributed by atoms with E-state index in [1.807, 2.05) is 20.8 Å². The molecule has 3 rings (SSSR count). The number of ether oxygens (including phenoxy) is 1. The first-order valence-electron chi connectivity index (χ1n) is 9.93. The summed E-state index contributed by atoms with van der Waals surface area (Å²) in [5, 5.41) is 0. The van der Waals surface area contributed by atoms with Crippen LogP contribution in [0.15, 0.2) is 24.3 Å². The number of carbonyl (C=O) groups excluding carboxylic acids is 2. The summed E-state index contributed by atoms with van der Waals surface area (Å²) in [5.74, 6) is -0.404. The molecule has 2 aliphatic heterocycles. The molecular formula is C21H30FN3O3. The molecule has 0 N–H and O–H groups in total. The van der Waals surface area contributed by atoms with Crippen molar-refractivity contribution in [2.45, 2.75) is 57.7 Å². The highest BCUT2D eigenvalue weighted by atomic mass is 19.1. The SMILES string of the molecule is CN(C(=O)OC(C)(C)C)C1CCN(C2CCN(c3ccccc3F)C2=O)CC1. The number of carbonyl (C=O) groups is 2. The molecule has 0 aromatic heterocycles. The van der Waals surface area contributed by atoms with Crippen molar-refractivity contribution in [2.75, 3.05) is 31.6 Å². The van der Waals surface area contributed by atoms with Crippen molar-refractivity contribution in [3.05, 3.63) is 30.1 Å². The van der Waals surface area contributed by atoms with Gasteiger partial charge in [0.25, 0.3) is 0 Å². The Morgan fingerprint density at radius 3 is 2.39 bits per heavy atom. The quantitative estimate of drug-likeness (QED) is 0.794. The number of hydrogen-bond donors (Lipinski definition) is 0. The normalized spacial score (nSPS) is 21.8. The maximum absolute atomic E-state index is 14.1. The Balaban J connectivity index is 1.56. The molecular weight excluding hydrogens is 361 g/mol. The number of rotatable bonds is 3. The van der Waals surface area contributed by atoms with E-state index < -0.39 is 5.60 Å². The molecule has 28 heavy (non-hydrogen) atoms. The maximum atomic E-state index is 14.1. The van der Waals surface area contributed by atoms with Crippen molar-refractivity contribution < 1.29 is 18.7 Å². The van der Waals surface area contributed by atoms with Gasteiger partial charge in [-0.15, -0.1) is 0 Å². The topological polar surface area (TPSA) is 53.1 Å². The van der Waals surface area contributed by atoms with Gasteiger partial charge < -0.3 is 14.5 Å². The van der Waals surface area contributed by atoms with Gasteiger partial charge in [0.2, 0.25) is 5.91 Å². The van der Waals surface area contributed by atoms with Crippen molar-refractivity contribution in [1.82, 2.24) is 9.80 Å². The van der Waals surface area contributed by atoms with Crippen LogP contribution < -0.4 is 4.90 Å². The third-order valence-electron chi connectivity index (χ3n) is 5.49. The van der Waals surface area contributed by atoms with Crippen LogP contribution in [0.5, 0.6) is 0 Å². The predicted octanol–water partition coefficient (Wildman–Crippen LogP) is 3.26. The van der Waals surface area contributed by atoms with Gasteiger partial charge in [0.15, 0.2) is 0 Å². The van der Waals surface area contributed by atoms with E-state index in [4.69, 9.17) is 4.74 Å². The summed E-state index contributed by atoms with van der Waals surface area (Å²) in [6.45, 7) is 7.57. The number of anilines is 1. The molecule has 1 atom stereocenters. The summed E-state index contributed by atoms with van der Waals surface area (Å²) >= 11 is 0. The molecule has 0 aliphatic carbocycles. The van der Waals surface area contributed by atoms with E-state index >= 15 is 0 Å². The minimum Gasteiger partial charge on any atom is -0.444 e. The molecule has 6 nitrogen and oxygen atoms in total. The summed E-state index contributed by atoms with van der Waals surface area (Å²) < 4.78 is 19.5. The molecule has 1 aromatic carbocycles. The molecule has 2 heterocycles. The lowest BCUT2D eigenvalue weighted by molar-refractivity contribution is -0.122. The van der Waals surface area contributed by atoms with Gasteiger partial charge >= 0.3 is 6.09 Å². The van der Waals surface area contributed by atoms with Crippen LogP contribution in [0.25, 0.3) is 0 Å². The summed E-state index contributed by atoms with van der Waals surface area (Å²) in [6.07, 6.45) is 1.96. The summed E-state index contributed by atoms with van der Waals surface area (Å²) in [7, 11) is 1.77. The molecule has 7 heteroatoms. The van der Waals surface area contributed by atoms with E-state index in [0.717, 1.165) is 25.9 Å². The number of halogens is 1. The number of piperidine rings is 1. The Hall–Kier alpha value is -2.15. The van der Waals surface area contributed by atoms with Crippen molar-refractivity contribution >= 4 is 17.7 Å². The second kappa shape index (κ2) is 8.07. The van der Waals surface area contributed by atoms with Gasteiger partial charge in [0, 0.05) is 32.7 Å². The van der Waals surface area contributed by atoms with Crippen LogP contribution in [0.1, 0.15) is 40.0 Å². The average molecular weight is 391 g/mol. The van der Waals surface area contributed by atoms with Gasteiger partial charge in [-0.3, -0.25) is 9.69 Å². The van der Waals surface area contributed by atoms with Crippen molar-refractivity contribution in [1.29, 1.82) is 0 Å². The Morgan fingerprint density at radius 1 is 1.14 bits per heavy atom. The summed E-state index contributed by atoms with van der Waals surface area (Å²) in [6, 6.07) is 6.29. The number of benzene rings is 1. The molecule has 2 saturated heterocycles. The fraction of sp³-hybridized carbons (Fsp3) is 0.619. The predicted molar refractivity (Wildman–Crippen MR) is 106 cm³/mol. The molecule has 1 aromatic rings. The molecule has 1 unspecified atom stereocenters. The maximum Gasteiger partial charge on any atom is 0.410 e. The lowest BCUT2D eigenvalue weighted by atomic mass is 10.0. The monoisotopic (exact) mass is 391 g/mol. The highest BCUT2D eigenvalue weighted by Crippen LogP contribution is 2.29. The third-order valence-corrected chi connectivity index (χ3v) is 5.49. The van der Waals surface area contributed by atoms with Gasteiger partial charge in [0.05, 0.1) is 11.7 Å². The number of para-hydroxylation sites is 1. The molecule has 0 bridgehead atoms. The second-order valence-corrected chi connectivity index (χ2v) is 8.60. The van der Waals surface area contributed by atoms with Gasteiger partial charge in [-0.25, -0.2) is 9.18 Å². The fourth-order valence-corrected chi connectivity index (χ4v) is 3.98. The van der Waals surface area contributed by atoms with Crippen LogP contribution in [0.2, 0.25) is 0 Å². The zero-order valence-corrected chi connectivity index (χ0v) is 17.2. The van der Waals surface area contributed by atoms with Crippen LogP contribution in [0.3, 0.4) is 0 Å². The van der Waals surface area contributed by atoms with Crippen molar-refractivity contribution in [2.24, 2.45) is 0 Å². The zero-order valence-electron chi connectivity index (χ0n) is 17.2. The lowest BCUT2D eigenvalue weighted by Gasteiger charge is -2.39. The van der Waals surface area contributed by atoms with Crippen LogP contribution in [-0.4, -0.2) is 66.2 Å². The first-order valence-corrected chi connectivity index (χ1v) is 9.93. The van der Waals surface area contributed by atoms with E-state index in [0.29, 0.717) is 18.7 Å². The van der Waals surface area contributed by atoms with E-state index in [-0.39, 0.29) is 29.9 Å². The molecule has 2 amide bonds. The van der Waals surface area contributed by atoms with E-state index in [9.17, 15) is 14.0 Å². The number of likely N-dealkylation sites (tertiary alicyclic amines) is 1. The summed E-state index contributed by atoms with van der Waals surface area (Å²) in [5.41, 5.74) is -0.159. The second-order valence-electron chi connectivity index (χ2n) is 8.60. The molecule has 0 radical (unpaired) electrons. The van der Waals surface area contributed by atoms with Gasteiger partial charge in [-0.1, -0.05) is 12.1 Å². The van der Waals surface area contributed by atoms with E-state index in [2.05, 4.69) is 4.90 Å². The first kappa shape index (κ1) is 20.6. The highest BCUT2D eigenvalue weighted by molar-refractivity contribution is 5.99. The van der Waals surface area contributed by atoms with Gasteiger partial charge in [-0.05, 0) is 52.2 Å². The van der Waals surface area contributed by atoms with Crippen molar-refractivity contribution in [3.63, 3.8) is 0 Å². The molecule has 0 spiro atoms. The molecule has 154 valence electrons. The first-order chi connectivity index (χ1) is 13.2. The summed E-state index contributed by atoms with van der Waals surface area (Å²) in [4.78, 5) is 30.5. The highest BCUT2D eigenvalue weighted by Gasteiger charge is 2.39. The Morgan fingerprint density at radius 2 is 1.79 bits per heavy atom. The van der Waals surface area contributed by atoms with Crippen LogP contribution >= 0.6 is 0 Å². The Labute approximate surface area is 166 Å². The molecule has 2 aliphatic rings. The smallest absolute Gasteiger partial charge is 0.410 e. The minimum atomic E-state index is -0.515.